The summed E-state index contributed by atoms with van der Waals surface area (Å²) in [5.74, 6) is 0. The van der Waals surface area contributed by atoms with Crippen LogP contribution < -0.4 is 0 Å². The molecular formula is C28H44N2. The van der Waals surface area contributed by atoms with Gasteiger partial charge < -0.3 is 0 Å². The summed E-state index contributed by atoms with van der Waals surface area (Å²) in [6, 6.07) is 8.73. The van der Waals surface area contributed by atoms with E-state index >= 15 is 0 Å². The van der Waals surface area contributed by atoms with E-state index in [1.165, 1.54) is 102 Å². The molecule has 0 radical (unpaired) electrons. The van der Waals surface area contributed by atoms with E-state index < -0.39 is 0 Å². The maximum atomic E-state index is 9.58. The lowest BCUT2D eigenvalue weighted by Gasteiger charge is -2.10. The van der Waals surface area contributed by atoms with Crippen LogP contribution in [0.1, 0.15) is 139 Å². The fraction of sp³-hybridized carbons (Fsp3) is 0.714. The van der Waals surface area contributed by atoms with Crippen molar-refractivity contribution in [1.82, 2.24) is 0 Å². The number of nitrogens with zero attached hydrogens (tertiary/aromatic N) is 2. The monoisotopic (exact) mass is 408 g/mol. The lowest BCUT2D eigenvalue weighted by Crippen LogP contribution is -1.99. The van der Waals surface area contributed by atoms with Gasteiger partial charge in [0.2, 0.25) is 0 Å². The molecular weight excluding hydrogens is 364 g/mol. The fourth-order valence-electron chi connectivity index (χ4n) is 4.24. The molecule has 0 aliphatic heterocycles. The Balaban J connectivity index is 2.44. The molecule has 2 nitrogen and oxygen atoms in total. The summed E-state index contributed by atoms with van der Waals surface area (Å²) in [6.07, 6.45) is 22.8. The Labute approximate surface area is 186 Å². The van der Waals surface area contributed by atoms with Gasteiger partial charge in [-0.3, -0.25) is 0 Å². The highest BCUT2D eigenvalue weighted by Gasteiger charge is 2.11. The number of benzene rings is 1. The number of hydrogen-bond acceptors (Lipinski definition) is 2. The molecule has 1 aromatic carbocycles. The van der Waals surface area contributed by atoms with E-state index in [1.54, 1.807) is 0 Å². The summed E-state index contributed by atoms with van der Waals surface area (Å²) in [6.45, 7) is 4.51. The highest BCUT2D eigenvalue weighted by atomic mass is 14.3. The van der Waals surface area contributed by atoms with E-state index in [1.807, 2.05) is 6.07 Å². The van der Waals surface area contributed by atoms with Gasteiger partial charge in [0.1, 0.15) is 12.1 Å². The van der Waals surface area contributed by atoms with Gasteiger partial charge in [-0.15, -0.1) is 0 Å². The highest BCUT2D eigenvalue weighted by Crippen LogP contribution is 2.22. The van der Waals surface area contributed by atoms with Gasteiger partial charge in [-0.1, -0.05) is 110 Å². The second-order valence-corrected chi connectivity index (χ2v) is 8.85. The molecule has 0 aliphatic carbocycles. The summed E-state index contributed by atoms with van der Waals surface area (Å²) >= 11 is 0. The van der Waals surface area contributed by atoms with Crippen LogP contribution in [0.15, 0.2) is 12.1 Å². The van der Waals surface area contributed by atoms with Gasteiger partial charge in [-0.2, -0.15) is 10.5 Å². The SMILES string of the molecule is CCCCCCCCCCc1cc(C#N)c(C#N)c(CCCCCCCCCC)c1. The molecule has 166 valence electrons. The maximum Gasteiger partial charge on any atom is 0.101 e. The summed E-state index contributed by atoms with van der Waals surface area (Å²) in [4.78, 5) is 0. The third-order valence-corrected chi connectivity index (χ3v) is 6.13. The molecule has 2 heteroatoms. The van der Waals surface area contributed by atoms with Gasteiger partial charge in [0.25, 0.3) is 0 Å². The lowest BCUT2D eigenvalue weighted by molar-refractivity contribution is 0.574. The van der Waals surface area contributed by atoms with Crippen molar-refractivity contribution in [3.05, 3.63) is 34.4 Å². The second kappa shape index (κ2) is 18.0. The van der Waals surface area contributed by atoms with Gasteiger partial charge in [-0.25, -0.2) is 0 Å². The first-order chi connectivity index (χ1) is 14.8. The molecule has 0 fully saturated rings. The van der Waals surface area contributed by atoms with Crippen molar-refractivity contribution in [1.29, 1.82) is 10.5 Å². The minimum Gasteiger partial charge on any atom is -0.192 e. The quantitative estimate of drug-likeness (QED) is 0.228. The van der Waals surface area contributed by atoms with Crippen LogP contribution in [0.2, 0.25) is 0 Å². The smallest absolute Gasteiger partial charge is 0.101 e. The van der Waals surface area contributed by atoms with Crippen LogP contribution in [0.25, 0.3) is 0 Å². The summed E-state index contributed by atoms with van der Waals surface area (Å²) < 4.78 is 0. The molecule has 0 aromatic heterocycles. The van der Waals surface area contributed by atoms with Gasteiger partial charge in [0, 0.05) is 0 Å². The number of unbranched alkanes of at least 4 members (excludes halogenated alkanes) is 14. The number of nitriles is 2. The Morgan fingerprint density at radius 1 is 0.567 bits per heavy atom. The summed E-state index contributed by atoms with van der Waals surface area (Å²) in [5.41, 5.74) is 3.52. The second-order valence-electron chi connectivity index (χ2n) is 8.85. The molecule has 0 saturated carbocycles. The molecule has 0 heterocycles. The molecule has 30 heavy (non-hydrogen) atoms. The molecule has 1 rings (SSSR count). The predicted molar refractivity (Wildman–Crippen MR) is 129 cm³/mol. The van der Waals surface area contributed by atoms with Crippen molar-refractivity contribution in [3.8, 4) is 12.1 Å². The minimum atomic E-state index is 0.573. The number of hydrogen-bond donors (Lipinski definition) is 0. The molecule has 0 aliphatic rings. The molecule has 0 spiro atoms. The Morgan fingerprint density at radius 3 is 1.50 bits per heavy atom. The van der Waals surface area contributed by atoms with Gasteiger partial charge >= 0.3 is 0 Å². The molecule has 0 atom stereocenters. The standard InChI is InChI=1S/C28H44N2/c1-3-5-7-9-11-13-15-17-19-25-21-26(28(24-30)27(22-25)23-29)20-18-16-14-12-10-8-6-4-2/h21-22H,3-20H2,1-2H3. The molecule has 0 amide bonds. The first-order valence-electron chi connectivity index (χ1n) is 12.7. The first kappa shape index (κ1) is 26.2. The van der Waals surface area contributed by atoms with Crippen LogP contribution in [0, 0.1) is 22.7 Å². The maximum absolute atomic E-state index is 9.58. The average molecular weight is 409 g/mol. The van der Waals surface area contributed by atoms with Crippen LogP contribution in [-0.4, -0.2) is 0 Å². The zero-order valence-electron chi connectivity index (χ0n) is 19.8. The van der Waals surface area contributed by atoms with E-state index in [4.69, 9.17) is 0 Å². The zero-order valence-corrected chi connectivity index (χ0v) is 19.8. The highest BCUT2D eigenvalue weighted by molar-refractivity contribution is 5.52. The molecule has 0 N–H and O–H groups in total. The third kappa shape index (κ3) is 11.4. The Kier molecular flexibility index (Phi) is 15.7. The predicted octanol–water partition coefficient (Wildman–Crippen LogP) is 8.80. The van der Waals surface area contributed by atoms with Crippen LogP contribution in [0.3, 0.4) is 0 Å². The van der Waals surface area contributed by atoms with Crippen molar-refractivity contribution < 1.29 is 0 Å². The molecule has 0 unspecified atom stereocenters. The minimum absolute atomic E-state index is 0.573. The van der Waals surface area contributed by atoms with E-state index in [-0.39, 0.29) is 0 Å². The van der Waals surface area contributed by atoms with Gasteiger partial charge in [-0.05, 0) is 42.9 Å². The van der Waals surface area contributed by atoms with E-state index in [2.05, 4.69) is 32.1 Å². The van der Waals surface area contributed by atoms with E-state index in [0.717, 1.165) is 24.8 Å². The largest absolute Gasteiger partial charge is 0.192 e. The topological polar surface area (TPSA) is 47.6 Å². The zero-order chi connectivity index (χ0) is 21.9. The Hall–Kier alpha value is -1.80. The molecule has 0 saturated heterocycles. The summed E-state index contributed by atoms with van der Waals surface area (Å²) in [7, 11) is 0. The van der Waals surface area contributed by atoms with Crippen molar-refractivity contribution in [2.24, 2.45) is 0 Å². The Morgan fingerprint density at radius 2 is 1.03 bits per heavy atom. The van der Waals surface area contributed by atoms with Crippen LogP contribution >= 0.6 is 0 Å². The lowest BCUT2D eigenvalue weighted by atomic mass is 9.93. The van der Waals surface area contributed by atoms with Crippen molar-refractivity contribution in [2.75, 3.05) is 0 Å². The van der Waals surface area contributed by atoms with Gasteiger partial charge in [0.05, 0.1) is 11.1 Å². The number of aryl methyl sites for hydroxylation is 2. The Bertz CT molecular complexity index is 648. The normalized spacial score (nSPS) is 10.7. The van der Waals surface area contributed by atoms with Crippen LogP contribution in [0.5, 0.6) is 0 Å². The van der Waals surface area contributed by atoms with Crippen LogP contribution in [0.4, 0.5) is 0 Å². The first-order valence-corrected chi connectivity index (χ1v) is 12.7. The average Bonchev–Trinajstić information content (AvgIpc) is 2.77. The van der Waals surface area contributed by atoms with Crippen LogP contribution in [-0.2, 0) is 12.8 Å². The number of rotatable bonds is 18. The van der Waals surface area contributed by atoms with Gasteiger partial charge in [0.15, 0.2) is 0 Å². The van der Waals surface area contributed by atoms with Crippen molar-refractivity contribution in [3.63, 3.8) is 0 Å². The van der Waals surface area contributed by atoms with E-state index in [9.17, 15) is 10.5 Å². The summed E-state index contributed by atoms with van der Waals surface area (Å²) in [5, 5.41) is 19.1. The van der Waals surface area contributed by atoms with Crippen molar-refractivity contribution in [2.45, 2.75) is 129 Å². The van der Waals surface area contributed by atoms with Crippen molar-refractivity contribution >= 4 is 0 Å². The molecule has 0 bridgehead atoms. The fourth-order valence-corrected chi connectivity index (χ4v) is 4.24. The molecule has 1 aromatic rings. The van der Waals surface area contributed by atoms with E-state index in [0.29, 0.717) is 11.1 Å². The third-order valence-electron chi connectivity index (χ3n) is 6.13.